The number of nitrogens with two attached hydrogens (primary N) is 2. The summed E-state index contributed by atoms with van der Waals surface area (Å²) in [7, 11) is 0. The van der Waals surface area contributed by atoms with E-state index in [1.165, 1.54) is 42.5 Å². The van der Waals surface area contributed by atoms with Crippen LogP contribution in [0.2, 0.25) is 0 Å². The predicted octanol–water partition coefficient (Wildman–Crippen LogP) is 6.65. The van der Waals surface area contributed by atoms with Crippen molar-refractivity contribution in [3.8, 4) is 5.75 Å². The van der Waals surface area contributed by atoms with E-state index in [1.54, 1.807) is 18.2 Å². The van der Waals surface area contributed by atoms with E-state index in [4.69, 9.17) is 20.9 Å². The number of hydrogen-bond acceptors (Lipinski definition) is 5. The Morgan fingerprint density at radius 2 is 1.61 bits per heavy atom. The second-order valence-corrected chi connectivity index (χ2v) is 8.55. The molecule has 10 heteroatoms. The second-order valence-electron chi connectivity index (χ2n) is 8.55. The first kappa shape index (κ1) is 28.5. The highest BCUT2D eigenvalue weighted by molar-refractivity contribution is 5.87. The van der Waals surface area contributed by atoms with E-state index in [9.17, 15) is 26.7 Å². The molecule has 0 spiro atoms. The lowest BCUT2D eigenvalue weighted by Gasteiger charge is -2.18. The number of benzene rings is 3. The summed E-state index contributed by atoms with van der Waals surface area (Å²) in [5, 5.41) is 0. The molecule has 0 aliphatic carbocycles. The quantitative estimate of drug-likeness (QED) is 0.132. The van der Waals surface area contributed by atoms with Crippen molar-refractivity contribution in [3.05, 3.63) is 102 Å². The van der Waals surface area contributed by atoms with Gasteiger partial charge in [-0.3, -0.25) is 0 Å². The molecule has 1 radical (unpaired) electrons. The highest BCUT2D eigenvalue weighted by atomic mass is 19.4. The predicted molar refractivity (Wildman–Crippen MR) is 135 cm³/mol. The maximum Gasteiger partial charge on any atom is 0.426 e. The van der Waals surface area contributed by atoms with Crippen molar-refractivity contribution >= 4 is 23.4 Å². The summed E-state index contributed by atoms with van der Waals surface area (Å²) < 4.78 is 76.1. The van der Waals surface area contributed by atoms with Crippen LogP contribution in [-0.4, -0.2) is 18.8 Å². The van der Waals surface area contributed by atoms with Gasteiger partial charge in [-0.15, -0.1) is 0 Å². The number of rotatable bonds is 10. The van der Waals surface area contributed by atoms with E-state index in [0.717, 1.165) is 18.2 Å². The van der Waals surface area contributed by atoms with Crippen LogP contribution >= 0.6 is 0 Å². The molecule has 0 saturated carbocycles. The lowest BCUT2D eigenvalue weighted by molar-refractivity contribution is -0.185. The van der Waals surface area contributed by atoms with Gasteiger partial charge in [-0.05, 0) is 72.5 Å². The topological polar surface area (TPSA) is 87.6 Å². The summed E-state index contributed by atoms with van der Waals surface area (Å²) in [4.78, 5) is 12.1. The van der Waals surface area contributed by atoms with Crippen molar-refractivity contribution in [1.82, 2.24) is 0 Å². The molecule has 3 aromatic carbocycles. The van der Waals surface area contributed by atoms with E-state index in [1.807, 2.05) is 0 Å². The number of esters is 1. The molecule has 0 aliphatic heterocycles. The van der Waals surface area contributed by atoms with Gasteiger partial charge in [0, 0.05) is 29.8 Å². The second kappa shape index (κ2) is 12.0. The monoisotopic (exact) mass is 533 g/mol. The maximum atomic E-state index is 14.6. The molecule has 0 amide bonds. The fourth-order valence-corrected chi connectivity index (χ4v) is 3.46. The third kappa shape index (κ3) is 8.50. The molecule has 201 valence electrons. The molecular weight excluding hydrogens is 507 g/mol. The van der Waals surface area contributed by atoms with Crippen molar-refractivity contribution in [2.45, 2.75) is 31.0 Å². The minimum Gasteiger partial charge on any atom is -0.462 e. The normalized spacial score (nSPS) is 12.9. The zero-order chi connectivity index (χ0) is 27.9. The molecular formula is C28H26F5N2O3. The summed E-state index contributed by atoms with van der Waals surface area (Å²) in [5.74, 6) is -1.25. The molecule has 0 heterocycles. The Labute approximate surface area is 216 Å². The highest BCUT2D eigenvalue weighted by Crippen LogP contribution is 2.32. The van der Waals surface area contributed by atoms with Crippen molar-refractivity contribution in [2.24, 2.45) is 0 Å². The fraction of sp³-hybridized carbons (Fsp3) is 0.214. The van der Waals surface area contributed by atoms with E-state index in [2.05, 4.69) is 6.92 Å². The first-order valence-corrected chi connectivity index (χ1v) is 11.5. The Morgan fingerprint density at radius 1 is 0.947 bits per heavy atom. The molecule has 3 aromatic rings. The van der Waals surface area contributed by atoms with Crippen molar-refractivity contribution in [1.29, 1.82) is 0 Å². The van der Waals surface area contributed by atoms with Gasteiger partial charge in [-0.1, -0.05) is 30.3 Å². The Balaban J connectivity index is 1.53. The van der Waals surface area contributed by atoms with Crippen molar-refractivity contribution < 1.29 is 36.2 Å². The van der Waals surface area contributed by atoms with Crippen LogP contribution in [0.3, 0.4) is 0 Å². The van der Waals surface area contributed by atoms with Gasteiger partial charge in [0.25, 0.3) is 0 Å². The Kier molecular flexibility index (Phi) is 8.98. The molecule has 4 N–H and O–H groups in total. The SMILES string of the molecule is [CH2]C(COC(=O)/C=C/c1ccc(C(F)(F)Oc2ccc(CCC(F)(F)F)cc2)cc1)c1ccc(N)cc1N. The number of nitrogen functional groups attached to an aromatic ring is 2. The van der Waals surface area contributed by atoms with Crippen LogP contribution in [0.15, 0.2) is 72.8 Å². The molecule has 5 nitrogen and oxygen atoms in total. The lowest BCUT2D eigenvalue weighted by Crippen LogP contribution is -2.21. The lowest BCUT2D eigenvalue weighted by atomic mass is 10.00. The standard InChI is InChI=1S/C28H26F5N2O3/c1-18(24-12-9-22(34)16-25(24)35)17-37-26(36)13-6-19-2-7-21(8-3-19)28(32,33)38-23-10-4-20(5-11-23)14-15-27(29,30)31/h2-13,16,18H,1,14-15,17,34-35H2/b13-6+. The Morgan fingerprint density at radius 3 is 2.21 bits per heavy atom. The largest absolute Gasteiger partial charge is 0.462 e. The van der Waals surface area contributed by atoms with Crippen LogP contribution in [0, 0.1) is 6.92 Å². The molecule has 1 atom stereocenters. The summed E-state index contributed by atoms with van der Waals surface area (Å²) in [6.07, 6.45) is -6.69. The Hall–Kier alpha value is -4.08. The number of halogens is 5. The third-order valence-electron chi connectivity index (χ3n) is 5.50. The van der Waals surface area contributed by atoms with E-state index in [0.29, 0.717) is 28.1 Å². The molecule has 3 rings (SSSR count). The van der Waals surface area contributed by atoms with Gasteiger partial charge in [0.1, 0.15) is 5.75 Å². The first-order valence-electron chi connectivity index (χ1n) is 11.5. The number of carbonyl (C=O) groups is 1. The number of hydrogen-bond donors (Lipinski definition) is 2. The van der Waals surface area contributed by atoms with Gasteiger partial charge in [-0.2, -0.15) is 22.0 Å². The van der Waals surface area contributed by atoms with E-state index >= 15 is 0 Å². The zero-order valence-electron chi connectivity index (χ0n) is 20.2. The van der Waals surface area contributed by atoms with E-state index < -0.39 is 36.2 Å². The smallest absolute Gasteiger partial charge is 0.426 e. The van der Waals surface area contributed by atoms with Gasteiger partial charge in [-0.25, -0.2) is 4.79 Å². The summed E-state index contributed by atoms with van der Waals surface area (Å²) >= 11 is 0. The summed E-state index contributed by atoms with van der Waals surface area (Å²) in [5.41, 5.74) is 13.6. The molecule has 0 aromatic heterocycles. The van der Waals surface area contributed by atoms with E-state index in [-0.39, 0.29) is 18.8 Å². The minimum atomic E-state index is -4.30. The number of alkyl halides is 5. The van der Waals surface area contributed by atoms with Gasteiger partial charge in [0.05, 0.1) is 12.2 Å². The summed E-state index contributed by atoms with van der Waals surface area (Å²) in [6.45, 7) is 3.90. The number of carbonyl (C=O) groups excluding carboxylic acids is 1. The number of ether oxygens (including phenoxy) is 2. The van der Waals surface area contributed by atoms with Crippen molar-refractivity contribution in [3.63, 3.8) is 0 Å². The summed E-state index contributed by atoms with van der Waals surface area (Å²) in [6, 6.07) is 15.0. The average molecular weight is 534 g/mol. The van der Waals surface area contributed by atoms with Crippen LogP contribution in [0.5, 0.6) is 5.75 Å². The van der Waals surface area contributed by atoms with Gasteiger partial charge in [0.2, 0.25) is 0 Å². The third-order valence-corrected chi connectivity index (χ3v) is 5.50. The van der Waals surface area contributed by atoms with Crippen LogP contribution in [0.25, 0.3) is 6.08 Å². The highest BCUT2D eigenvalue weighted by Gasteiger charge is 2.34. The average Bonchev–Trinajstić information content (AvgIpc) is 2.85. The van der Waals surface area contributed by atoms with Gasteiger partial charge >= 0.3 is 18.3 Å². The Bertz CT molecular complexity index is 1260. The molecule has 0 fully saturated rings. The van der Waals surface area contributed by atoms with Crippen LogP contribution in [0.4, 0.5) is 33.3 Å². The van der Waals surface area contributed by atoms with Crippen molar-refractivity contribution in [2.75, 3.05) is 18.1 Å². The van der Waals surface area contributed by atoms with Gasteiger partial charge < -0.3 is 20.9 Å². The van der Waals surface area contributed by atoms with Crippen LogP contribution in [-0.2, 0) is 22.1 Å². The molecule has 0 bridgehead atoms. The number of anilines is 2. The zero-order valence-corrected chi connectivity index (χ0v) is 20.2. The molecule has 1 unspecified atom stereocenters. The number of aryl methyl sites for hydroxylation is 1. The van der Waals surface area contributed by atoms with Crippen LogP contribution < -0.4 is 16.2 Å². The fourth-order valence-electron chi connectivity index (χ4n) is 3.46. The molecule has 0 aliphatic rings. The van der Waals surface area contributed by atoms with Gasteiger partial charge in [0.15, 0.2) is 0 Å². The molecule has 0 saturated heterocycles. The maximum absolute atomic E-state index is 14.6. The minimum absolute atomic E-state index is 0.0247. The first-order chi connectivity index (χ1) is 17.8. The molecule has 38 heavy (non-hydrogen) atoms. The van der Waals surface area contributed by atoms with Crippen LogP contribution in [0.1, 0.15) is 34.6 Å².